The van der Waals surface area contributed by atoms with E-state index in [1.54, 1.807) is 12.3 Å². The highest BCUT2D eigenvalue weighted by Gasteiger charge is 2.30. The van der Waals surface area contributed by atoms with Gasteiger partial charge in [-0.05, 0) is 31.9 Å². The van der Waals surface area contributed by atoms with E-state index in [1.165, 1.54) is 0 Å². The lowest BCUT2D eigenvalue weighted by Crippen LogP contribution is -2.54. The Bertz CT molecular complexity index is 567. The van der Waals surface area contributed by atoms with Gasteiger partial charge in [-0.3, -0.25) is 9.69 Å². The molecule has 116 valence electrons. The molecule has 0 spiro atoms. The number of carbonyl (C=O) groups excluding carboxylic acids is 1. The molecule has 1 unspecified atom stereocenters. The number of rotatable bonds is 4. The van der Waals surface area contributed by atoms with Crippen molar-refractivity contribution in [1.29, 1.82) is 5.26 Å². The normalized spacial score (nSPS) is 20.3. The molecule has 1 N–H and O–H groups in total. The van der Waals surface area contributed by atoms with Crippen LogP contribution in [0.25, 0.3) is 0 Å². The van der Waals surface area contributed by atoms with Gasteiger partial charge in [0.2, 0.25) is 5.91 Å². The van der Waals surface area contributed by atoms with Crippen molar-refractivity contribution in [2.24, 2.45) is 0 Å². The summed E-state index contributed by atoms with van der Waals surface area (Å²) in [5.74, 6) is 0.149. The Morgan fingerprint density at radius 1 is 1.36 bits per heavy atom. The fraction of sp³-hybridized carbons (Fsp3) is 0.562. The fourth-order valence-electron chi connectivity index (χ4n) is 2.72. The average Bonchev–Trinajstić information content (AvgIpc) is 3.38. The first-order chi connectivity index (χ1) is 10.7. The van der Waals surface area contributed by atoms with Crippen LogP contribution in [0.2, 0.25) is 0 Å². The third kappa shape index (κ3) is 3.37. The maximum atomic E-state index is 12.1. The van der Waals surface area contributed by atoms with E-state index in [0.29, 0.717) is 11.7 Å². The van der Waals surface area contributed by atoms with E-state index in [2.05, 4.69) is 20.1 Å². The van der Waals surface area contributed by atoms with Gasteiger partial charge in [0, 0.05) is 32.2 Å². The average molecular weight is 299 g/mol. The first-order valence-electron chi connectivity index (χ1n) is 7.83. The van der Waals surface area contributed by atoms with Crippen LogP contribution in [0.5, 0.6) is 0 Å². The third-order valence-electron chi connectivity index (χ3n) is 4.39. The van der Waals surface area contributed by atoms with Crippen LogP contribution >= 0.6 is 0 Å². The maximum Gasteiger partial charge on any atom is 0.237 e. The van der Waals surface area contributed by atoms with Gasteiger partial charge in [0.05, 0.1) is 17.9 Å². The van der Waals surface area contributed by atoms with Crippen LogP contribution in [-0.2, 0) is 4.79 Å². The second kappa shape index (κ2) is 6.32. The van der Waals surface area contributed by atoms with Crippen LogP contribution in [-0.4, -0.2) is 54.1 Å². The molecule has 1 aliphatic carbocycles. The Balaban J connectivity index is 1.52. The van der Waals surface area contributed by atoms with E-state index in [1.807, 2.05) is 19.1 Å². The highest BCUT2D eigenvalue weighted by molar-refractivity contribution is 5.81. The Morgan fingerprint density at radius 3 is 2.64 bits per heavy atom. The molecular weight excluding hydrogens is 278 g/mol. The molecule has 6 nitrogen and oxygen atoms in total. The predicted molar refractivity (Wildman–Crippen MR) is 83.4 cm³/mol. The molecule has 1 aliphatic heterocycles. The fourth-order valence-corrected chi connectivity index (χ4v) is 2.72. The van der Waals surface area contributed by atoms with Crippen molar-refractivity contribution in [1.82, 2.24) is 15.2 Å². The zero-order valence-electron chi connectivity index (χ0n) is 12.8. The first-order valence-corrected chi connectivity index (χ1v) is 7.83. The zero-order chi connectivity index (χ0) is 15.5. The molecule has 22 heavy (non-hydrogen) atoms. The van der Waals surface area contributed by atoms with E-state index in [4.69, 9.17) is 5.26 Å². The van der Waals surface area contributed by atoms with E-state index >= 15 is 0 Å². The summed E-state index contributed by atoms with van der Waals surface area (Å²) >= 11 is 0. The van der Waals surface area contributed by atoms with Crippen molar-refractivity contribution in [2.45, 2.75) is 31.8 Å². The number of nitriles is 1. The van der Waals surface area contributed by atoms with Crippen molar-refractivity contribution in [3.63, 3.8) is 0 Å². The van der Waals surface area contributed by atoms with E-state index in [-0.39, 0.29) is 11.9 Å². The molecule has 0 radical (unpaired) electrons. The number of piperazine rings is 1. The lowest BCUT2D eigenvalue weighted by molar-refractivity contribution is -0.126. The molecule has 2 fully saturated rings. The molecular formula is C16H21N5O. The summed E-state index contributed by atoms with van der Waals surface area (Å²) in [5.41, 5.74) is 1.47. The highest BCUT2D eigenvalue weighted by atomic mass is 16.2. The minimum Gasteiger partial charge on any atom is -0.368 e. The Morgan fingerprint density at radius 2 is 2.09 bits per heavy atom. The van der Waals surface area contributed by atoms with Crippen molar-refractivity contribution >= 4 is 11.6 Å². The van der Waals surface area contributed by atoms with Gasteiger partial charge in [-0.2, -0.15) is 5.26 Å². The predicted octanol–water partition coefficient (Wildman–Crippen LogP) is 0.742. The summed E-state index contributed by atoms with van der Waals surface area (Å²) in [6.07, 6.45) is 3.99. The molecule has 1 amide bonds. The van der Waals surface area contributed by atoms with Crippen LogP contribution < -0.4 is 10.2 Å². The van der Waals surface area contributed by atoms with Crippen LogP contribution in [0.4, 0.5) is 5.69 Å². The number of hydrogen-bond acceptors (Lipinski definition) is 5. The number of aromatic nitrogens is 1. The molecule has 1 atom stereocenters. The second-order valence-corrected chi connectivity index (χ2v) is 6.00. The third-order valence-corrected chi connectivity index (χ3v) is 4.39. The quantitative estimate of drug-likeness (QED) is 0.888. The minimum absolute atomic E-state index is 0.0677. The Labute approximate surface area is 130 Å². The van der Waals surface area contributed by atoms with Gasteiger partial charge in [-0.25, -0.2) is 4.98 Å². The van der Waals surface area contributed by atoms with Crippen molar-refractivity contribution < 1.29 is 4.79 Å². The van der Waals surface area contributed by atoms with Gasteiger partial charge >= 0.3 is 0 Å². The van der Waals surface area contributed by atoms with Crippen molar-refractivity contribution in [2.75, 3.05) is 31.1 Å². The maximum absolute atomic E-state index is 12.1. The molecule has 0 bridgehead atoms. The van der Waals surface area contributed by atoms with Gasteiger partial charge in [0.25, 0.3) is 0 Å². The van der Waals surface area contributed by atoms with E-state index in [0.717, 1.165) is 44.7 Å². The summed E-state index contributed by atoms with van der Waals surface area (Å²) in [4.78, 5) is 20.7. The number of carbonyl (C=O) groups is 1. The first kappa shape index (κ1) is 14.8. The number of anilines is 1. The summed E-state index contributed by atoms with van der Waals surface area (Å²) in [5, 5.41) is 11.9. The lowest BCUT2D eigenvalue weighted by Gasteiger charge is -2.38. The number of nitrogens with zero attached hydrogens (tertiary/aromatic N) is 4. The zero-order valence-corrected chi connectivity index (χ0v) is 12.8. The summed E-state index contributed by atoms with van der Waals surface area (Å²) < 4.78 is 0. The summed E-state index contributed by atoms with van der Waals surface area (Å²) in [6.45, 7) is 5.44. The van der Waals surface area contributed by atoms with Crippen LogP contribution in [0.3, 0.4) is 0 Å². The highest BCUT2D eigenvalue weighted by Crippen LogP contribution is 2.20. The minimum atomic E-state index is -0.0677. The molecule has 6 heteroatoms. The van der Waals surface area contributed by atoms with Crippen LogP contribution in [0, 0.1) is 11.3 Å². The van der Waals surface area contributed by atoms with E-state index < -0.39 is 0 Å². The van der Waals surface area contributed by atoms with E-state index in [9.17, 15) is 4.79 Å². The second-order valence-electron chi connectivity index (χ2n) is 6.00. The number of nitrogens with one attached hydrogen (secondary N) is 1. The SMILES string of the molecule is CC(C(=O)NC1CC1)N1CCN(c2ccc(C#N)nc2)CC1. The summed E-state index contributed by atoms with van der Waals surface area (Å²) in [6, 6.07) is 6.06. The largest absolute Gasteiger partial charge is 0.368 e. The number of amides is 1. The number of pyridine rings is 1. The van der Waals surface area contributed by atoms with Gasteiger partial charge in [0.15, 0.2) is 0 Å². The van der Waals surface area contributed by atoms with Gasteiger partial charge < -0.3 is 10.2 Å². The standard InChI is InChI=1S/C16H21N5O/c1-12(16(22)19-13-2-3-13)20-6-8-21(9-7-20)15-5-4-14(10-17)18-11-15/h4-5,11-13H,2-3,6-9H2,1H3,(H,19,22). The monoisotopic (exact) mass is 299 g/mol. The van der Waals surface area contributed by atoms with Crippen LogP contribution in [0.1, 0.15) is 25.5 Å². The molecule has 0 aromatic carbocycles. The Kier molecular flexibility index (Phi) is 4.25. The van der Waals surface area contributed by atoms with Crippen molar-refractivity contribution in [3.05, 3.63) is 24.0 Å². The molecule has 2 heterocycles. The van der Waals surface area contributed by atoms with Gasteiger partial charge in [0.1, 0.15) is 11.8 Å². The van der Waals surface area contributed by atoms with Gasteiger partial charge in [-0.15, -0.1) is 0 Å². The smallest absolute Gasteiger partial charge is 0.237 e. The lowest BCUT2D eigenvalue weighted by atomic mass is 10.2. The molecule has 1 aromatic heterocycles. The number of hydrogen-bond donors (Lipinski definition) is 1. The molecule has 1 saturated heterocycles. The Hall–Kier alpha value is -2.13. The topological polar surface area (TPSA) is 72.3 Å². The molecule has 3 rings (SSSR count). The molecule has 1 saturated carbocycles. The molecule has 2 aliphatic rings. The van der Waals surface area contributed by atoms with Crippen molar-refractivity contribution in [3.8, 4) is 6.07 Å². The van der Waals surface area contributed by atoms with Gasteiger partial charge in [-0.1, -0.05) is 0 Å². The van der Waals surface area contributed by atoms with Crippen LogP contribution in [0.15, 0.2) is 18.3 Å². The summed E-state index contributed by atoms with van der Waals surface area (Å²) in [7, 11) is 0. The molecule has 1 aromatic rings.